The number of benzene rings is 1. The average Bonchev–Trinajstić information content (AvgIpc) is 3.27. The van der Waals surface area contributed by atoms with Crippen LogP contribution in [-0.4, -0.2) is 21.6 Å². The topological polar surface area (TPSA) is 110 Å². The number of hydrogen-bond donors (Lipinski definition) is 0. The molecule has 1 aliphatic rings. The van der Waals surface area contributed by atoms with Crippen molar-refractivity contribution in [1.82, 2.24) is 9.55 Å². The number of aryl methyl sites for hydroxylation is 1. The Bertz CT molecular complexity index is 1210. The molecule has 3 heterocycles. The van der Waals surface area contributed by atoms with Gasteiger partial charge in [0.05, 0.1) is 17.4 Å². The highest BCUT2D eigenvalue weighted by Crippen LogP contribution is 2.37. The lowest BCUT2D eigenvalue weighted by Gasteiger charge is -2.13. The molecule has 0 unspecified atom stereocenters. The number of ether oxygens (including phenoxy) is 1. The lowest BCUT2D eigenvalue weighted by molar-refractivity contribution is -0.398. The van der Waals surface area contributed by atoms with Crippen LogP contribution in [0.15, 0.2) is 23.0 Å². The molecule has 28 heavy (non-hydrogen) atoms. The quantitative estimate of drug-likeness (QED) is 0.493. The highest BCUT2D eigenvalue weighted by molar-refractivity contribution is 7.18. The highest BCUT2D eigenvalue weighted by Gasteiger charge is 2.22. The van der Waals surface area contributed by atoms with E-state index in [1.165, 1.54) is 30.6 Å². The zero-order chi connectivity index (χ0) is 20.0. The highest BCUT2D eigenvalue weighted by atomic mass is 32.1. The van der Waals surface area contributed by atoms with Gasteiger partial charge in [0, 0.05) is 23.2 Å². The predicted octanol–water partition coefficient (Wildman–Crippen LogP) is 2.96. The fourth-order valence-electron chi connectivity index (χ4n) is 3.35. The van der Waals surface area contributed by atoms with Crippen LogP contribution in [0.4, 0.5) is 5.69 Å². The van der Waals surface area contributed by atoms with E-state index in [1.54, 1.807) is 10.6 Å². The first-order valence-corrected chi connectivity index (χ1v) is 9.52. The summed E-state index contributed by atoms with van der Waals surface area (Å²) in [7, 11) is 1.29. The van der Waals surface area contributed by atoms with E-state index in [4.69, 9.17) is 4.74 Å². The normalized spacial score (nSPS) is 14.6. The second kappa shape index (κ2) is 6.75. The fourth-order valence-corrected chi connectivity index (χ4v) is 4.31. The molecule has 0 bridgehead atoms. The maximum Gasteiger partial charge on any atom is 0.266 e. The number of aromatic nitrogens is 2. The summed E-state index contributed by atoms with van der Waals surface area (Å²) in [5, 5.41) is 23.8. The van der Waals surface area contributed by atoms with E-state index in [9.17, 15) is 20.0 Å². The molecule has 9 heteroatoms. The van der Waals surface area contributed by atoms with E-state index >= 15 is 0 Å². The van der Waals surface area contributed by atoms with Crippen molar-refractivity contribution in [2.75, 3.05) is 7.11 Å². The number of nitrogens with zero attached hydrogens (tertiary/aromatic N) is 3. The minimum atomic E-state index is -0.761. The summed E-state index contributed by atoms with van der Waals surface area (Å²) in [4.78, 5) is 29.7. The van der Waals surface area contributed by atoms with E-state index in [0.29, 0.717) is 34.6 Å². The van der Waals surface area contributed by atoms with Crippen molar-refractivity contribution in [2.45, 2.75) is 26.3 Å². The Morgan fingerprint density at radius 1 is 1.39 bits per heavy atom. The fraction of sp³-hybridized carbons (Fsp3) is 0.263. The van der Waals surface area contributed by atoms with Crippen molar-refractivity contribution in [2.24, 2.45) is 0 Å². The monoisotopic (exact) mass is 398 g/mol. The lowest BCUT2D eigenvalue weighted by Crippen LogP contribution is -2.19. The van der Waals surface area contributed by atoms with Crippen LogP contribution >= 0.6 is 11.3 Å². The third-order valence-electron chi connectivity index (χ3n) is 4.76. The molecule has 4 rings (SSSR count). The van der Waals surface area contributed by atoms with E-state index in [-0.39, 0.29) is 11.3 Å². The maximum atomic E-state index is 12.8. The molecular weight excluding hydrogens is 382 g/mol. The van der Waals surface area contributed by atoms with Gasteiger partial charge in [-0.15, -0.1) is 11.3 Å². The molecule has 0 saturated carbocycles. The maximum absolute atomic E-state index is 12.8. The summed E-state index contributed by atoms with van der Waals surface area (Å²) in [6.45, 7) is 2.53. The Kier molecular flexibility index (Phi) is 4.38. The second-order valence-corrected chi connectivity index (χ2v) is 7.54. The van der Waals surface area contributed by atoms with E-state index in [0.717, 1.165) is 16.9 Å². The van der Waals surface area contributed by atoms with E-state index in [1.807, 2.05) is 13.0 Å². The summed E-state index contributed by atoms with van der Waals surface area (Å²) in [6, 6.07) is 4.57. The van der Waals surface area contributed by atoms with Gasteiger partial charge in [-0.3, -0.25) is 19.5 Å². The minimum Gasteiger partial charge on any atom is -0.865 e. The summed E-state index contributed by atoms with van der Waals surface area (Å²) in [6.07, 6.45) is 3.14. The number of rotatable bonds is 4. The number of nitro groups is 1. The van der Waals surface area contributed by atoms with Crippen LogP contribution in [0, 0.1) is 10.1 Å². The van der Waals surface area contributed by atoms with Crippen molar-refractivity contribution >= 4 is 38.9 Å². The van der Waals surface area contributed by atoms with Gasteiger partial charge in [0.1, 0.15) is 16.4 Å². The molecule has 0 N–H and O–H groups in total. The van der Waals surface area contributed by atoms with Crippen LogP contribution in [-0.2, 0) is 13.0 Å². The Morgan fingerprint density at radius 2 is 2.18 bits per heavy atom. The first kappa shape index (κ1) is 18.2. The van der Waals surface area contributed by atoms with Gasteiger partial charge in [0.2, 0.25) is 0 Å². The van der Waals surface area contributed by atoms with Gasteiger partial charge in [0.15, 0.2) is 0 Å². The minimum absolute atomic E-state index is 0.0715. The van der Waals surface area contributed by atoms with Crippen LogP contribution in [0.5, 0.6) is 11.5 Å². The van der Waals surface area contributed by atoms with Crippen molar-refractivity contribution in [1.29, 1.82) is 0 Å². The van der Waals surface area contributed by atoms with Crippen LogP contribution in [0.3, 0.4) is 0 Å². The zero-order valence-corrected chi connectivity index (χ0v) is 16.0. The smallest absolute Gasteiger partial charge is 0.266 e. The van der Waals surface area contributed by atoms with Crippen LogP contribution < -0.4 is 15.4 Å². The van der Waals surface area contributed by atoms with E-state index in [2.05, 4.69) is 4.98 Å². The van der Waals surface area contributed by atoms with Crippen molar-refractivity contribution in [3.63, 3.8) is 0 Å². The molecule has 0 amide bonds. The Morgan fingerprint density at radius 3 is 2.86 bits per heavy atom. The summed E-state index contributed by atoms with van der Waals surface area (Å²) < 4.78 is 6.62. The number of hydrogen-bond acceptors (Lipinski definition) is 7. The third-order valence-corrected chi connectivity index (χ3v) is 5.93. The summed E-state index contributed by atoms with van der Waals surface area (Å²) in [5.41, 5.74) is 0.635. The number of methoxy groups -OCH3 is 1. The molecular formula is C19H16N3O5S-. The molecule has 2 aromatic heterocycles. The van der Waals surface area contributed by atoms with Crippen LogP contribution in [0.2, 0.25) is 0 Å². The summed E-state index contributed by atoms with van der Waals surface area (Å²) in [5.74, 6) is -0.288. The van der Waals surface area contributed by atoms with Gasteiger partial charge in [-0.2, -0.15) is 0 Å². The molecule has 144 valence electrons. The van der Waals surface area contributed by atoms with Crippen LogP contribution in [0.1, 0.15) is 29.6 Å². The van der Waals surface area contributed by atoms with Crippen LogP contribution in [0.25, 0.3) is 21.9 Å². The Balaban J connectivity index is 1.86. The summed E-state index contributed by atoms with van der Waals surface area (Å²) >= 11 is 1.50. The number of fused-ring (bicyclic) bond motifs is 2. The Labute approximate surface area is 163 Å². The molecule has 3 aromatic rings. The molecule has 0 radical (unpaired) electrons. The van der Waals surface area contributed by atoms with Gasteiger partial charge in [-0.25, -0.2) is 4.98 Å². The van der Waals surface area contributed by atoms with Crippen molar-refractivity contribution in [3.05, 3.63) is 54.9 Å². The molecule has 1 aliphatic heterocycles. The lowest BCUT2D eigenvalue weighted by atomic mass is 10.1. The van der Waals surface area contributed by atoms with Gasteiger partial charge in [-0.1, -0.05) is 6.92 Å². The molecule has 0 spiro atoms. The van der Waals surface area contributed by atoms with Gasteiger partial charge < -0.3 is 9.84 Å². The molecule has 0 atom stereocenters. The van der Waals surface area contributed by atoms with Gasteiger partial charge in [0.25, 0.3) is 11.2 Å². The zero-order valence-electron chi connectivity index (χ0n) is 15.2. The van der Waals surface area contributed by atoms with Crippen molar-refractivity contribution < 1.29 is 14.8 Å². The standard InChI is InChI=1S/C19H17N3O5S/c1-3-12-9-13-18(28-12)20-17-11(4-5-21(17)19(13)24)6-10-7-14(22(25)26)16(23)15(8-10)27-2/h6-9,23H,3-5H2,1-2H3/p-1/b11-6+. The molecule has 8 nitrogen and oxygen atoms in total. The van der Waals surface area contributed by atoms with Crippen molar-refractivity contribution in [3.8, 4) is 11.5 Å². The largest absolute Gasteiger partial charge is 0.865 e. The molecule has 0 fully saturated rings. The SMILES string of the molecule is CCc1cc2c(=O)n3c(nc2s1)/C(=C/c1cc(OC)c([O-])c([N+](=O)[O-])c1)CC3. The average molecular weight is 398 g/mol. The number of allylic oxidation sites excluding steroid dienone is 1. The van der Waals surface area contributed by atoms with Gasteiger partial charge in [-0.05, 0) is 42.2 Å². The third kappa shape index (κ3) is 2.84. The number of thiophene rings is 1. The Hall–Kier alpha value is -3.20. The van der Waals surface area contributed by atoms with Gasteiger partial charge >= 0.3 is 0 Å². The first-order valence-electron chi connectivity index (χ1n) is 8.70. The molecule has 0 aliphatic carbocycles. The molecule has 0 saturated heterocycles. The van der Waals surface area contributed by atoms with E-state index < -0.39 is 16.4 Å². The number of nitro benzene ring substituents is 1. The first-order chi connectivity index (χ1) is 13.4. The predicted molar refractivity (Wildman–Crippen MR) is 105 cm³/mol. The molecule has 1 aromatic carbocycles. The second-order valence-electron chi connectivity index (χ2n) is 6.43.